The van der Waals surface area contributed by atoms with Gasteiger partial charge in [-0.05, 0) is 44.6 Å². The van der Waals surface area contributed by atoms with Crippen molar-refractivity contribution in [2.45, 2.75) is 77.2 Å². The molecule has 3 nitrogen and oxygen atoms in total. The zero-order valence-corrected chi connectivity index (χ0v) is 15.7. The summed E-state index contributed by atoms with van der Waals surface area (Å²) in [5.74, 6) is -0.110. The molecule has 0 aliphatic carbocycles. The van der Waals surface area contributed by atoms with E-state index < -0.39 is 0 Å². The van der Waals surface area contributed by atoms with Crippen LogP contribution in [0.2, 0.25) is 0 Å². The maximum absolute atomic E-state index is 11.6. The van der Waals surface area contributed by atoms with Crippen LogP contribution >= 0.6 is 0 Å². The van der Waals surface area contributed by atoms with E-state index in [1.54, 1.807) is 12.3 Å². The molecule has 1 unspecified atom stereocenters. The smallest absolute Gasteiger partial charge is 0.306 e. The Bertz CT molecular complexity index is 446. The van der Waals surface area contributed by atoms with Crippen LogP contribution in [0, 0.1) is 0 Å². The van der Waals surface area contributed by atoms with E-state index in [9.17, 15) is 4.79 Å². The average molecular weight is 347 g/mol. The van der Waals surface area contributed by atoms with Crippen LogP contribution in [0.25, 0.3) is 0 Å². The second-order valence-electron chi connectivity index (χ2n) is 6.29. The second kappa shape index (κ2) is 15.7. The van der Waals surface area contributed by atoms with Gasteiger partial charge in [0.05, 0.1) is 6.26 Å². The third-order valence-electron chi connectivity index (χ3n) is 3.96. The number of unbranched alkanes of at least 4 members (excludes halogenated alkanes) is 5. The number of allylic oxidation sites excluding steroid dienone is 6. The van der Waals surface area contributed by atoms with E-state index in [2.05, 4.69) is 43.4 Å². The molecule has 0 bridgehead atoms. The van der Waals surface area contributed by atoms with Gasteiger partial charge in [0.15, 0.2) is 6.10 Å². The standard InChI is InChI=1S/C22H34O3/c1-2-3-4-5-6-7-8-9-10-11-12-13-14-15-16-17-22(23)25-21-18-19-24-20-21/h3-4,6-7,9-10,18-19,21H,2,5,8,11-17,20H2,1H3. The maximum atomic E-state index is 11.6. The molecule has 0 saturated heterocycles. The summed E-state index contributed by atoms with van der Waals surface area (Å²) in [7, 11) is 0. The fraction of sp³-hybridized carbons (Fsp3) is 0.591. The molecular weight excluding hydrogens is 312 g/mol. The van der Waals surface area contributed by atoms with Gasteiger partial charge in [-0.1, -0.05) is 62.6 Å². The molecular formula is C22H34O3. The van der Waals surface area contributed by atoms with Gasteiger partial charge in [-0.25, -0.2) is 0 Å². The predicted molar refractivity (Wildman–Crippen MR) is 104 cm³/mol. The topological polar surface area (TPSA) is 35.5 Å². The van der Waals surface area contributed by atoms with E-state index in [1.165, 1.54) is 19.3 Å². The molecule has 1 heterocycles. The van der Waals surface area contributed by atoms with E-state index in [-0.39, 0.29) is 12.1 Å². The normalized spacial score (nSPS) is 17.1. The highest BCUT2D eigenvalue weighted by Crippen LogP contribution is 2.10. The lowest BCUT2D eigenvalue weighted by molar-refractivity contribution is -0.147. The Morgan fingerprint density at radius 1 is 1.00 bits per heavy atom. The van der Waals surface area contributed by atoms with Crippen LogP contribution in [-0.4, -0.2) is 18.7 Å². The first kappa shape index (κ1) is 21.3. The number of carbonyl (C=O) groups excluding carboxylic acids is 1. The Labute approximate surface area is 153 Å². The van der Waals surface area contributed by atoms with E-state index >= 15 is 0 Å². The monoisotopic (exact) mass is 346 g/mol. The maximum Gasteiger partial charge on any atom is 0.306 e. The van der Waals surface area contributed by atoms with Gasteiger partial charge in [0.2, 0.25) is 0 Å². The van der Waals surface area contributed by atoms with Crippen molar-refractivity contribution in [3.8, 4) is 0 Å². The molecule has 0 spiro atoms. The van der Waals surface area contributed by atoms with E-state index in [4.69, 9.17) is 9.47 Å². The van der Waals surface area contributed by atoms with Gasteiger partial charge >= 0.3 is 5.97 Å². The van der Waals surface area contributed by atoms with E-state index in [1.807, 2.05) is 0 Å². The zero-order chi connectivity index (χ0) is 18.0. The SMILES string of the molecule is CCC=CCC=CCC=CCCCCCCCC(=O)OC1C=COC1. The molecule has 0 aromatic rings. The summed E-state index contributed by atoms with van der Waals surface area (Å²) in [5.41, 5.74) is 0. The van der Waals surface area contributed by atoms with Crippen molar-refractivity contribution in [2.24, 2.45) is 0 Å². The molecule has 0 amide bonds. The number of hydrogen-bond acceptors (Lipinski definition) is 3. The van der Waals surface area contributed by atoms with Crippen molar-refractivity contribution in [2.75, 3.05) is 6.61 Å². The van der Waals surface area contributed by atoms with Crippen LogP contribution in [0.4, 0.5) is 0 Å². The average Bonchev–Trinajstić information content (AvgIpc) is 3.11. The first-order valence-corrected chi connectivity index (χ1v) is 9.75. The molecule has 3 heteroatoms. The van der Waals surface area contributed by atoms with Gasteiger partial charge in [-0.15, -0.1) is 0 Å². The van der Waals surface area contributed by atoms with Crippen LogP contribution in [-0.2, 0) is 14.3 Å². The minimum absolute atomic E-state index is 0.110. The van der Waals surface area contributed by atoms with Crippen LogP contribution in [0.3, 0.4) is 0 Å². The van der Waals surface area contributed by atoms with Crippen LogP contribution in [0.5, 0.6) is 0 Å². The van der Waals surface area contributed by atoms with Gasteiger partial charge in [-0.3, -0.25) is 4.79 Å². The Morgan fingerprint density at radius 2 is 1.68 bits per heavy atom. The molecule has 0 aromatic heterocycles. The van der Waals surface area contributed by atoms with Crippen LogP contribution in [0.1, 0.15) is 71.1 Å². The third kappa shape index (κ3) is 13.2. The summed E-state index contributed by atoms with van der Waals surface area (Å²) in [6.07, 6.45) is 27.1. The lowest BCUT2D eigenvalue weighted by Crippen LogP contribution is -2.17. The molecule has 0 radical (unpaired) electrons. The molecule has 1 aliphatic heterocycles. The lowest BCUT2D eigenvalue weighted by atomic mass is 10.1. The summed E-state index contributed by atoms with van der Waals surface area (Å²) in [4.78, 5) is 11.6. The first-order valence-electron chi connectivity index (χ1n) is 9.75. The fourth-order valence-electron chi connectivity index (χ4n) is 2.54. The number of hydrogen-bond donors (Lipinski definition) is 0. The van der Waals surface area contributed by atoms with Gasteiger partial charge in [0.1, 0.15) is 6.61 Å². The Kier molecular flexibility index (Phi) is 13.4. The minimum atomic E-state index is -0.179. The van der Waals surface area contributed by atoms with Crippen molar-refractivity contribution in [1.29, 1.82) is 0 Å². The Hall–Kier alpha value is -1.77. The fourth-order valence-corrected chi connectivity index (χ4v) is 2.54. The quantitative estimate of drug-likeness (QED) is 0.219. The summed E-state index contributed by atoms with van der Waals surface area (Å²) in [6.45, 7) is 2.62. The largest absolute Gasteiger partial charge is 0.497 e. The van der Waals surface area contributed by atoms with Crippen molar-refractivity contribution in [3.63, 3.8) is 0 Å². The molecule has 1 aliphatic rings. The second-order valence-corrected chi connectivity index (χ2v) is 6.29. The highest BCUT2D eigenvalue weighted by Gasteiger charge is 2.14. The number of rotatable bonds is 14. The molecule has 140 valence electrons. The molecule has 1 atom stereocenters. The Morgan fingerprint density at radius 3 is 2.40 bits per heavy atom. The van der Waals surface area contributed by atoms with Crippen molar-refractivity contribution < 1.29 is 14.3 Å². The molecule has 1 rings (SSSR count). The first-order chi connectivity index (χ1) is 12.3. The highest BCUT2D eigenvalue weighted by atomic mass is 16.6. The van der Waals surface area contributed by atoms with Crippen molar-refractivity contribution in [3.05, 3.63) is 48.8 Å². The molecule has 0 saturated carbocycles. The summed E-state index contributed by atoms with van der Waals surface area (Å²) >= 11 is 0. The number of ether oxygens (including phenoxy) is 2. The van der Waals surface area contributed by atoms with E-state index in [0.717, 1.165) is 38.5 Å². The summed E-state index contributed by atoms with van der Waals surface area (Å²) in [6, 6.07) is 0. The Balaban J connectivity index is 1.83. The van der Waals surface area contributed by atoms with Gasteiger partial charge in [0, 0.05) is 6.42 Å². The zero-order valence-electron chi connectivity index (χ0n) is 15.7. The van der Waals surface area contributed by atoms with Gasteiger partial charge in [-0.2, -0.15) is 0 Å². The lowest BCUT2D eigenvalue weighted by Gasteiger charge is -2.08. The van der Waals surface area contributed by atoms with E-state index in [0.29, 0.717) is 13.0 Å². The number of carbonyl (C=O) groups is 1. The summed E-state index contributed by atoms with van der Waals surface area (Å²) < 4.78 is 10.3. The van der Waals surface area contributed by atoms with Crippen molar-refractivity contribution >= 4 is 5.97 Å². The minimum Gasteiger partial charge on any atom is -0.497 e. The third-order valence-corrected chi connectivity index (χ3v) is 3.96. The van der Waals surface area contributed by atoms with Crippen LogP contribution < -0.4 is 0 Å². The molecule has 0 fully saturated rings. The van der Waals surface area contributed by atoms with Crippen molar-refractivity contribution in [1.82, 2.24) is 0 Å². The van der Waals surface area contributed by atoms with Gasteiger partial charge in [0.25, 0.3) is 0 Å². The highest BCUT2D eigenvalue weighted by molar-refractivity contribution is 5.69. The molecule has 25 heavy (non-hydrogen) atoms. The predicted octanol–water partition coefficient (Wildman–Crippen LogP) is 6.03. The molecule has 0 aromatic carbocycles. The number of esters is 1. The van der Waals surface area contributed by atoms with Gasteiger partial charge < -0.3 is 9.47 Å². The summed E-state index contributed by atoms with van der Waals surface area (Å²) in [5, 5.41) is 0. The molecule has 0 N–H and O–H groups in total. The van der Waals surface area contributed by atoms with Crippen LogP contribution in [0.15, 0.2) is 48.8 Å².